The number of aromatic carboxylic acids is 1. The third-order valence-corrected chi connectivity index (χ3v) is 3.85. The molecule has 0 aliphatic heterocycles. The van der Waals surface area contributed by atoms with Crippen LogP contribution in [0, 0.1) is 13.8 Å². The maximum absolute atomic E-state index is 11.1. The van der Waals surface area contributed by atoms with Crippen LogP contribution < -0.4 is 0 Å². The zero-order valence-corrected chi connectivity index (χ0v) is 12.4. The molecule has 0 saturated carbocycles. The molecular weight excluding hydrogens is 280 g/mol. The summed E-state index contributed by atoms with van der Waals surface area (Å²) in [5.74, 6) is -0.927. The van der Waals surface area contributed by atoms with E-state index in [2.05, 4.69) is 0 Å². The van der Waals surface area contributed by atoms with Crippen molar-refractivity contribution in [3.05, 3.63) is 34.4 Å². The molecule has 0 amide bonds. The third-order valence-electron chi connectivity index (χ3n) is 2.93. The number of aliphatic hydroxyl groups excluding tert-OH is 2. The van der Waals surface area contributed by atoms with E-state index < -0.39 is 18.2 Å². The molecule has 1 aromatic carbocycles. The lowest BCUT2D eigenvalue weighted by atomic mass is 9.95. The first-order valence-corrected chi connectivity index (χ1v) is 7.06. The first-order chi connectivity index (χ1) is 9.23. The van der Waals surface area contributed by atoms with E-state index in [0.29, 0.717) is 16.7 Å². The summed E-state index contributed by atoms with van der Waals surface area (Å²) in [4.78, 5) is 21.9. The Morgan fingerprint density at radius 3 is 2.10 bits per heavy atom. The summed E-state index contributed by atoms with van der Waals surface area (Å²) in [6.07, 6.45) is -2.24. The highest BCUT2D eigenvalue weighted by molar-refractivity contribution is 8.13. The Hall–Kier alpha value is -1.37. The van der Waals surface area contributed by atoms with Gasteiger partial charge in [-0.15, -0.1) is 0 Å². The Bertz CT molecular complexity index is 503. The zero-order valence-electron chi connectivity index (χ0n) is 11.6. The van der Waals surface area contributed by atoms with Gasteiger partial charge in [0.1, 0.15) is 6.10 Å². The fourth-order valence-corrected chi connectivity index (χ4v) is 2.61. The largest absolute Gasteiger partial charge is 0.478 e. The number of rotatable bonds is 5. The smallest absolute Gasteiger partial charge is 0.336 e. The van der Waals surface area contributed by atoms with Crippen molar-refractivity contribution in [2.75, 3.05) is 5.75 Å². The second-order valence-electron chi connectivity index (χ2n) is 4.65. The number of benzene rings is 1. The van der Waals surface area contributed by atoms with Crippen molar-refractivity contribution in [1.29, 1.82) is 0 Å². The quantitative estimate of drug-likeness (QED) is 0.765. The number of carbonyl (C=O) groups excluding carboxylic acids is 1. The van der Waals surface area contributed by atoms with E-state index in [0.717, 1.165) is 11.8 Å². The number of hydrogen-bond donors (Lipinski definition) is 3. The molecule has 110 valence electrons. The zero-order chi connectivity index (χ0) is 15.4. The van der Waals surface area contributed by atoms with Gasteiger partial charge in [-0.25, -0.2) is 4.79 Å². The minimum atomic E-state index is -1.15. The van der Waals surface area contributed by atoms with Crippen molar-refractivity contribution in [2.24, 2.45) is 0 Å². The monoisotopic (exact) mass is 298 g/mol. The Morgan fingerprint density at radius 2 is 1.70 bits per heavy atom. The van der Waals surface area contributed by atoms with E-state index in [4.69, 9.17) is 5.11 Å². The van der Waals surface area contributed by atoms with Crippen molar-refractivity contribution in [2.45, 2.75) is 33.0 Å². The number of thioether (sulfide) groups is 1. The van der Waals surface area contributed by atoms with Crippen LogP contribution >= 0.6 is 11.8 Å². The van der Waals surface area contributed by atoms with Gasteiger partial charge >= 0.3 is 5.97 Å². The number of carbonyl (C=O) groups is 2. The minimum Gasteiger partial charge on any atom is -0.478 e. The Kier molecular flexibility index (Phi) is 5.74. The second kappa shape index (κ2) is 6.88. The van der Waals surface area contributed by atoms with E-state index in [1.54, 1.807) is 26.0 Å². The minimum absolute atomic E-state index is 0.0925. The molecule has 0 aromatic heterocycles. The SMILES string of the molecule is CC(=O)SCC(O)C(O)c1cc(C)c(C(=O)O)c(C)c1. The highest BCUT2D eigenvalue weighted by Gasteiger charge is 2.21. The van der Waals surface area contributed by atoms with Crippen molar-refractivity contribution < 1.29 is 24.9 Å². The highest BCUT2D eigenvalue weighted by Crippen LogP contribution is 2.25. The molecule has 20 heavy (non-hydrogen) atoms. The lowest BCUT2D eigenvalue weighted by Crippen LogP contribution is -2.22. The van der Waals surface area contributed by atoms with Crippen LogP contribution in [0.4, 0.5) is 0 Å². The summed E-state index contributed by atoms with van der Waals surface area (Å²) in [6.45, 7) is 4.67. The van der Waals surface area contributed by atoms with E-state index in [1.165, 1.54) is 6.92 Å². The Balaban J connectivity index is 2.97. The molecule has 0 aliphatic rings. The van der Waals surface area contributed by atoms with Gasteiger partial charge in [-0.05, 0) is 30.5 Å². The summed E-state index contributed by atoms with van der Waals surface area (Å²) in [7, 11) is 0. The standard InChI is InChI=1S/C14H18O5S/c1-7-4-10(5-8(2)12(7)14(18)19)13(17)11(16)6-20-9(3)15/h4-5,11,13,16-17H,6H2,1-3H3,(H,18,19). The number of carboxylic acid groups (broad SMARTS) is 1. The maximum Gasteiger partial charge on any atom is 0.336 e. The topological polar surface area (TPSA) is 94.8 Å². The second-order valence-corrected chi connectivity index (χ2v) is 5.85. The molecule has 0 heterocycles. The lowest BCUT2D eigenvalue weighted by Gasteiger charge is -2.19. The molecule has 1 aromatic rings. The van der Waals surface area contributed by atoms with Crippen molar-refractivity contribution in [3.63, 3.8) is 0 Å². The van der Waals surface area contributed by atoms with Gasteiger partial charge in [0, 0.05) is 12.7 Å². The van der Waals surface area contributed by atoms with Crippen LogP contribution in [-0.2, 0) is 4.79 Å². The maximum atomic E-state index is 11.1. The normalized spacial score (nSPS) is 13.8. The number of carboxylic acids is 1. The summed E-state index contributed by atoms with van der Waals surface area (Å²) >= 11 is 0.936. The van der Waals surface area contributed by atoms with E-state index >= 15 is 0 Å². The number of aliphatic hydroxyl groups is 2. The molecule has 2 unspecified atom stereocenters. The molecule has 0 aliphatic carbocycles. The first kappa shape index (κ1) is 16.7. The van der Waals surface area contributed by atoms with Crippen LogP contribution in [0.5, 0.6) is 0 Å². The predicted octanol–water partition coefficient (Wildman–Crippen LogP) is 1.68. The van der Waals surface area contributed by atoms with Gasteiger partial charge in [0.15, 0.2) is 5.12 Å². The Morgan fingerprint density at radius 1 is 1.20 bits per heavy atom. The van der Waals surface area contributed by atoms with Crippen LogP contribution in [0.1, 0.15) is 40.1 Å². The third kappa shape index (κ3) is 4.06. The average Bonchev–Trinajstić information content (AvgIpc) is 2.33. The van der Waals surface area contributed by atoms with Gasteiger partial charge in [-0.1, -0.05) is 23.9 Å². The molecular formula is C14H18O5S. The van der Waals surface area contributed by atoms with Crippen molar-refractivity contribution >= 4 is 22.8 Å². The van der Waals surface area contributed by atoms with E-state index in [-0.39, 0.29) is 16.4 Å². The fraction of sp³-hybridized carbons (Fsp3) is 0.429. The molecule has 2 atom stereocenters. The van der Waals surface area contributed by atoms with E-state index in [1.807, 2.05) is 0 Å². The Labute approximate surface area is 121 Å². The number of hydrogen-bond acceptors (Lipinski definition) is 5. The molecule has 6 heteroatoms. The molecule has 3 N–H and O–H groups in total. The van der Waals surface area contributed by atoms with Crippen molar-refractivity contribution in [3.8, 4) is 0 Å². The molecule has 0 saturated heterocycles. The van der Waals surface area contributed by atoms with Gasteiger partial charge in [0.05, 0.1) is 11.7 Å². The number of aryl methyl sites for hydroxylation is 2. The van der Waals surface area contributed by atoms with E-state index in [9.17, 15) is 19.8 Å². The van der Waals surface area contributed by atoms with Gasteiger partial charge in [-0.2, -0.15) is 0 Å². The molecule has 0 fully saturated rings. The molecule has 0 radical (unpaired) electrons. The highest BCUT2D eigenvalue weighted by atomic mass is 32.2. The summed E-state index contributed by atoms with van der Waals surface area (Å²) in [6, 6.07) is 3.09. The predicted molar refractivity (Wildman–Crippen MR) is 77.0 cm³/mol. The fourth-order valence-electron chi connectivity index (χ4n) is 2.02. The van der Waals surface area contributed by atoms with Crippen LogP contribution in [0.15, 0.2) is 12.1 Å². The average molecular weight is 298 g/mol. The van der Waals surface area contributed by atoms with Gasteiger partial charge in [0.25, 0.3) is 0 Å². The first-order valence-electron chi connectivity index (χ1n) is 6.08. The molecule has 1 rings (SSSR count). The van der Waals surface area contributed by atoms with Gasteiger partial charge in [-0.3, -0.25) is 4.79 Å². The molecule has 0 bridgehead atoms. The van der Waals surface area contributed by atoms with Crippen molar-refractivity contribution in [1.82, 2.24) is 0 Å². The van der Waals surface area contributed by atoms with Gasteiger partial charge < -0.3 is 15.3 Å². The summed E-state index contributed by atoms with van der Waals surface area (Å²) < 4.78 is 0. The summed E-state index contributed by atoms with van der Waals surface area (Å²) in [5, 5.41) is 28.8. The van der Waals surface area contributed by atoms with Crippen LogP contribution in [0.2, 0.25) is 0 Å². The lowest BCUT2D eigenvalue weighted by molar-refractivity contribution is -0.109. The van der Waals surface area contributed by atoms with Crippen LogP contribution in [-0.4, -0.2) is 38.3 Å². The summed E-state index contributed by atoms with van der Waals surface area (Å²) in [5.41, 5.74) is 1.70. The van der Waals surface area contributed by atoms with Crippen LogP contribution in [0.25, 0.3) is 0 Å². The molecule has 5 nitrogen and oxygen atoms in total. The van der Waals surface area contributed by atoms with Crippen LogP contribution in [0.3, 0.4) is 0 Å². The van der Waals surface area contributed by atoms with Gasteiger partial charge in [0.2, 0.25) is 0 Å². The molecule has 0 spiro atoms.